The second-order valence-electron chi connectivity index (χ2n) is 5.45. The van der Waals surface area contributed by atoms with Crippen LogP contribution in [0.4, 0.5) is 5.82 Å². The normalized spacial score (nSPS) is 34.0. The number of hydrogen-bond donors (Lipinski definition) is 0. The molecule has 0 aromatic carbocycles. The molecule has 2 heterocycles. The van der Waals surface area contributed by atoms with Gasteiger partial charge in [-0.05, 0) is 24.3 Å². The Kier molecular flexibility index (Phi) is 2.24. The molecule has 4 rings (SSSR count). The van der Waals surface area contributed by atoms with Gasteiger partial charge in [0.25, 0.3) is 0 Å². The molecular formula is C14H13N3O3. The van der Waals surface area contributed by atoms with Crippen molar-refractivity contribution in [2.45, 2.75) is 6.42 Å². The van der Waals surface area contributed by atoms with E-state index >= 15 is 0 Å². The first kappa shape index (κ1) is 11.6. The van der Waals surface area contributed by atoms with Gasteiger partial charge in [0, 0.05) is 6.07 Å². The van der Waals surface area contributed by atoms with Crippen LogP contribution in [0, 0.1) is 23.7 Å². The molecule has 1 aromatic heterocycles. The van der Waals surface area contributed by atoms with Crippen molar-refractivity contribution in [2.75, 3.05) is 12.0 Å². The first-order valence-corrected chi connectivity index (χ1v) is 6.64. The molecule has 4 atom stereocenters. The highest BCUT2D eigenvalue weighted by atomic mass is 16.5. The number of allylic oxidation sites excluding steroid dienone is 2. The second-order valence-corrected chi connectivity index (χ2v) is 5.45. The maximum atomic E-state index is 12.5. The van der Waals surface area contributed by atoms with Gasteiger partial charge >= 0.3 is 0 Å². The molecule has 20 heavy (non-hydrogen) atoms. The molecule has 0 unspecified atom stereocenters. The number of hydrogen-bond acceptors (Lipinski definition) is 5. The van der Waals surface area contributed by atoms with E-state index in [4.69, 9.17) is 4.74 Å². The van der Waals surface area contributed by atoms with Crippen molar-refractivity contribution in [1.29, 1.82) is 0 Å². The first-order valence-electron chi connectivity index (χ1n) is 6.64. The van der Waals surface area contributed by atoms with Crippen LogP contribution in [0.3, 0.4) is 0 Å². The van der Waals surface area contributed by atoms with Gasteiger partial charge in [-0.2, -0.15) is 0 Å². The average Bonchev–Trinajstić information content (AvgIpc) is 3.14. The van der Waals surface area contributed by atoms with Crippen LogP contribution in [-0.2, 0) is 9.59 Å². The summed E-state index contributed by atoms with van der Waals surface area (Å²) in [6.45, 7) is 0. The lowest BCUT2D eigenvalue weighted by atomic mass is 9.85. The standard InChI is InChI=1S/C14H13N3O3/c1-20-10-5-4-9(15-16-10)17-13(18)11-7-2-3-8(6-7)12(11)14(17)19/h2-5,7-8,11-12H,6H2,1H3/t7-,8+,11-,12-/m0/s1. The summed E-state index contributed by atoms with van der Waals surface area (Å²) in [5.41, 5.74) is 0. The Morgan fingerprint density at radius 3 is 2.25 bits per heavy atom. The summed E-state index contributed by atoms with van der Waals surface area (Å²) in [6.07, 6.45) is 5.06. The van der Waals surface area contributed by atoms with E-state index in [1.54, 1.807) is 12.1 Å². The minimum atomic E-state index is -0.207. The predicted molar refractivity (Wildman–Crippen MR) is 68.8 cm³/mol. The molecule has 2 bridgehead atoms. The summed E-state index contributed by atoms with van der Waals surface area (Å²) < 4.78 is 4.93. The van der Waals surface area contributed by atoms with Gasteiger partial charge in [0.1, 0.15) is 0 Å². The van der Waals surface area contributed by atoms with E-state index in [0.717, 1.165) is 6.42 Å². The fourth-order valence-electron chi connectivity index (χ4n) is 3.67. The lowest BCUT2D eigenvalue weighted by Crippen LogP contribution is -2.33. The average molecular weight is 271 g/mol. The number of amides is 2. The van der Waals surface area contributed by atoms with Crippen LogP contribution < -0.4 is 9.64 Å². The Bertz CT molecular complexity index is 595. The molecule has 3 aliphatic rings. The zero-order chi connectivity index (χ0) is 13.9. The zero-order valence-corrected chi connectivity index (χ0v) is 10.9. The van der Waals surface area contributed by atoms with Crippen molar-refractivity contribution < 1.29 is 14.3 Å². The smallest absolute Gasteiger partial charge is 0.239 e. The Labute approximate surface area is 115 Å². The Morgan fingerprint density at radius 2 is 1.75 bits per heavy atom. The number of methoxy groups -OCH3 is 1. The number of carbonyl (C=O) groups is 2. The van der Waals surface area contributed by atoms with Crippen LogP contribution >= 0.6 is 0 Å². The zero-order valence-electron chi connectivity index (χ0n) is 10.9. The van der Waals surface area contributed by atoms with Crippen molar-refractivity contribution >= 4 is 17.6 Å². The van der Waals surface area contributed by atoms with Crippen LogP contribution in [0.1, 0.15) is 6.42 Å². The highest BCUT2D eigenvalue weighted by Gasteiger charge is 2.59. The minimum Gasteiger partial charge on any atom is -0.480 e. The van der Waals surface area contributed by atoms with Crippen LogP contribution in [-0.4, -0.2) is 29.1 Å². The number of rotatable bonds is 2. The third-order valence-corrected chi connectivity index (χ3v) is 4.53. The van der Waals surface area contributed by atoms with Crippen LogP contribution in [0.5, 0.6) is 5.88 Å². The van der Waals surface area contributed by atoms with Gasteiger partial charge in [0.15, 0.2) is 5.82 Å². The van der Waals surface area contributed by atoms with Gasteiger partial charge < -0.3 is 4.74 Å². The lowest BCUT2D eigenvalue weighted by molar-refractivity contribution is -0.123. The molecule has 0 N–H and O–H groups in total. The molecule has 1 saturated carbocycles. The Morgan fingerprint density at radius 1 is 1.10 bits per heavy atom. The van der Waals surface area contributed by atoms with Crippen LogP contribution in [0.2, 0.25) is 0 Å². The quantitative estimate of drug-likeness (QED) is 0.587. The van der Waals surface area contributed by atoms with Gasteiger partial charge in [0.05, 0.1) is 18.9 Å². The SMILES string of the molecule is COc1ccc(N2C(=O)[C@@H]3[C@@H](C2=O)[C@H]2C=C[C@@H]3C2)nn1. The highest BCUT2D eigenvalue weighted by molar-refractivity contribution is 6.22. The Hall–Kier alpha value is -2.24. The summed E-state index contributed by atoms with van der Waals surface area (Å²) in [5.74, 6) is 0.357. The largest absolute Gasteiger partial charge is 0.480 e. The van der Waals surface area contributed by atoms with Crippen LogP contribution in [0.25, 0.3) is 0 Å². The molecule has 2 fully saturated rings. The molecule has 6 heteroatoms. The lowest BCUT2D eigenvalue weighted by Gasteiger charge is -2.15. The number of nitrogens with zero attached hydrogens (tertiary/aromatic N) is 3. The number of carbonyl (C=O) groups excluding carboxylic acids is 2. The maximum Gasteiger partial charge on any atom is 0.239 e. The first-order chi connectivity index (χ1) is 9.70. The van der Waals surface area contributed by atoms with Gasteiger partial charge in [-0.1, -0.05) is 12.2 Å². The summed E-state index contributed by atoms with van der Waals surface area (Å²) in [4.78, 5) is 26.2. The molecule has 1 saturated heterocycles. The van der Waals surface area contributed by atoms with Gasteiger partial charge in [0.2, 0.25) is 17.7 Å². The fraction of sp³-hybridized carbons (Fsp3) is 0.429. The van der Waals surface area contributed by atoms with E-state index in [1.165, 1.54) is 12.0 Å². The molecule has 0 radical (unpaired) electrons. The highest BCUT2D eigenvalue weighted by Crippen LogP contribution is 2.52. The second kappa shape index (κ2) is 3.88. The summed E-state index contributed by atoms with van der Waals surface area (Å²) in [5, 5.41) is 7.74. The number of ether oxygens (including phenoxy) is 1. The molecule has 1 aromatic rings. The molecule has 1 aliphatic heterocycles. The van der Waals surface area contributed by atoms with Gasteiger partial charge in [-0.25, -0.2) is 4.90 Å². The number of imide groups is 1. The van der Waals surface area contributed by atoms with E-state index in [1.807, 2.05) is 0 Å². The molecular weight excluding hydrogens is 258 g/mol. The van der Waals surface area contributed by atoms with E-state index in [0.29, 0.717) is 5.88 Å². The van der Waals surface area contributed by atoms with Crippen molar-refractivity contribution in [2.24, 2.45) is 23.7 Å². The van der Waals surface area contributed by atoms with E-state index in [9.17, 15) is 9.59 Å². The van der Waals surface area contributed by atoms with Gasteiger partial charge in [-0.15, -0.1) is 10.2 Å². The molecule has 102 valence electrons. The third-order valence-electron chi connectivity index (χ3n) is 4.53. The summed E-state index contributed by atoms with van der Waals surface area (Å²) in [6, 6.07) is 3.20. The predicted octanol–water partition coefficient (Wildman–Crippen LogP) is 0.797. The number of fused-ring (bicyclic) bond motifs is 5. The van der Waals surface area contributed by atoms with Crippen molar-refractivity contribution in [3.8, 4) is 5.88 Å². The minimum absolute atomic E-state index is 0.142. The summed E-state index contributed by atoms with van der Waals surface area (Å²) >= 11 is 0. The van der Waals surface area contributed by atoms with Crippen molar-refractivity contribution in [3.05, 3.63) is 24.3 Å². The monoisotopic (exact) mass is 271 g/mol. The van der Waals surface area contributed by atoms with Crippen molar-refractivity contribution in [3.63, 3.8) is 0 Å². The van der Waals surface area contributed by atoms with E-state index in [-0.39, 0.29) is 41.3 Å². The molecule has 2 aliphatic carbocycles. The van der Waals surface area contributed by atoms with Gasteiger partial charge in [-0.3, -0.25) is 9.59 Å². The van der Waals surface area contributed by atoms with Crippen molar-refractivity contribution in [1.82, 2.24) is 10.2 Å². The van der Waals surface area contributed by atoms with Crippen LogP contribution in [0.15, 0.2) is 24.3 Å². The number of anilines is 1. The van der Waals surface area contributed by atoms with E-state index < -0.39 is 0 Å². The Balaban J connectivity index is 1.70. The molecule has 2 amide bonds. The fourth-order valence-corrected chi connectivity index (χ4v) is 3.67. The topological polar surface area (TPSA) is 72.4 Å². The molecule has 6 nitrogen and oxygen atoms in total. The summed E-state index contributed by atoms with van der Waals surface area (Å²) in [7, 11) is 1.49. The number of aromatic nitrogens is 2. The third kappa shape index (κ3) is 1.33. The maximum absolute atomic E-state index is 12.5. The van der Waals surface area contributed by atoms with E-state index in [2.05, 4.69) is 22.3 Å². The molecule has 0 spiro atoms.